The van der Waals surface area contributed by atoms with Gasteiger partial charge in [0.2, 0.25) is 11.8 Å². The summed E-state index contributed by atoms with van der Waals surface area (Å²) in [6.45, 7) is 2.14. The second kappa shape index (κ2) is 9.47. The molecule has 0 bridgehead atoms. The molecule has 0 saturated heterocycles. The van der Waals surface area contributed by atoms with Gasteiger partial charge < -0.3 is 10.6 Å². The van der Waals surface area contributed by atoms with Gasteiger partial charge in [0.1, 0.15) is 0 Å². The molecule has 0 aromatic heterocycles. The van der Waals surface area contributed by atoms with Crippen LogP contribution in [0.15, 0.2) is 28.7 Å². The molecule has 6 heteroatoms. The van der Waals surface area contributed by atoms with Crippen LogP contribution < -0.4 is 10.6 Å². The van der Waals surface area contributed by atoms with Gasteiger partial charge in [-0.3, -0.25) is 9.59 Å². The van der Waals surface area contributed by atoms with Crippen LogP contribution in [0.2, 0.25) is 0 Å². The van der Waals surface area contributed by atoms with Crippen molar-refractivity contribution < 1.29 is 9.59 Å². The van der Waals surface area contributed by atoms with E-state index in [1.165, 1.54) is 31.0 Å². The predicted octanol–water partition coefficient (Wildman–Crippen LogP) is 4.35. The summed E-state index contributed by atoms with van der Waals surface area (Å²) in [5.41, 5.74) is 0.755. The molecule has 1 aromatic rings. The Labute approximate surface area is 156 Å². The standard InChI is InChI=1S/C18H25BrN2O2S/c1-18(10-3-2-4-11-18)21-16(22)9-12-24-13-17(23)20-15-7-5-14(19)6-8-15/h5-8H,2-4,9-13H2,1H3,(H,20,23)(H,21,22). The second-order valence-electron chi connectivity index (χ2n) is 6.53. The summed E-state index contributed by atoms with van der Waals surface area (Å²) in [5, 5.41) is 6.02. The molecule has 0 spiro atoms. The first-order valence-electron chi connectivity index (χ1n) is 8.41. The number of anilines is 1. The zero-order chi connectivity index (χ0) is 17.4. The molecule has 2 N–H and O–H groups in total. The molecular formula is C18H25BrN2O2S. The highest BCUT2D eigenvalue weighted by atomic mass is 79.9. The SMILES string of the molecule is CC1(NC(=O)CCSCC(=O)Nc2ccc(Br)cc2)CCCCC1. The maximum Gasteiger partial charge on any atom is 0.234 e. The number of rotatable bonds is 7. The number of thioether (sulfide) groups is 1. The van der Waals surface area contributed by atoms with E-state index in [-0.39, 0.29) is 17.4 Å². The van der Waals surface area contributed by atoms with E-state index in [2.05, 4.69) is 33.5 Å². The maximum absolute atomic E-state index is 12.1. The van der Waals surface area contributed by atoms with Crippen molar-refractivity contribution in [2.45, 2.75) is 51.0 Å². The first-order valence-corrected chi connectivity index (χ1v) is 10.4. The Bertz CT molecular complexity index is 557. The largest absolute Gasteiger partial charge is 0.351 e. The Morgan fingerprint density at radius 1 is 1.12 bits per heavy atom. The van der Waals surface area contributed by atoms with Crippen LogP contribution in [0.1, 0.15) is 45.4 Å². The van der Waals surface area contributed by atoms with Crippen LogP contribution >= 0.6 is 27.7 Å². The van der Waals surface area contributed by atoms with Crippen molar-refractivity contribution in [2.75, 3.05) is 16.8 Å². The van der Waals surface area contributed by atoms with Crippen molar-refractivity contribution in [3.05, 3.63) is 28.7 Å². The van der Waals surface area contributed by atoms with E-state index < -0.39 is 0 Å². The molecule has 0 atom stereocenters. The highest BCUT2D eigenvalue weighted by Crippen LogP contribution is 2.27. The van der Waals surface area contributed by atoms with Gasteiger partial charge in [-0.25, -0.2) is 0 Å². The molecule has 2 rings (SSSR count). The zero-order valence-electron chi connectivity index (χ0n) is 14.1. The Hall–Kier alpha value is -1.01. The van der Waals surface area contributed by atoms with Gasteiger partial charge in [-0.15, -0.1) is 0 Å². The summed E-state index contributed by atoms with van der Waals surface area (Å²) < 4.78 is 0.979. The first-order chi connectivity index (χ1) is 11.5. The van der Waals surface area contributed by atoms with E-state index in [0.717, 1.165) is 23.0 Å². The number of hydrogen-bond donors (Lipinski definition) is 2. The first kappa shape index (κ1) is 19.3. The molecule has 0 unspecified atom stereocenters. The average Bonchev–Trinajstić information content (AvgIpc) is 2.54. The minimum Gasteiger partial charge on any atom is -0.351 e. The molecule has 2 amide bonds. The van der Waals surface area contributed by atoms with E-state index >= 15 is 0 Å². The summed E-state index contributed by atoms with van der Waals surface area (Å²) >= 11 is 4.85. The summed E-state index contributed by atoms with van der Waals surface area (Å²) in [6.07, 6.45) is 6.27. The van der Waals surface area contributed by atoms with Crippen LogP contribution in [0.4, 0.5) is 5.69 Å². The van der Waals surface area contributed by atoms with Gasteiger partial charge in [0.05, 0.1) is 5.75 Å². The lowest BCUT2D eigenvalue weighted by Gasteiger charge is -2.34. The highest BCUT2D eigenvalue weighted by molar-refractivity contribution is 9.10. The number of nitrogens with one attached hydrogen (secondary N) is 2. The lowest BCUT2D eigenvalue weighted by molar-refractivity contribution is -0.122. The third kappa shape index (κ3) is 6.85. The number of amides is 2. The van der Waals surface area contributed by atoms with Gasteiger partial charge in [-0.05, 0) is 44.0 Å². The monoisotopic (exact) mass is 412 g/mol. The quantitative estimate of drug-likeness (QED) is 0.654. The summed E-state index contributed by atoms with van der Waals surface area (Å²) in [4.78, 5) is 23.9. The molecule has 24 heavy (non-hydrogen) atoms. The molecule has 0 heterocycles. The Morgan fingerprint density at radius 3 is 2.46 bits per heavy atom. The van der Waals surface area contributed by atoms with Crippen molar-refractivity contribution >= 4 is 45.2 Å². The molecule has 0 aliphatic heterocycles. The van der Waals surface area contributed by atoms with Crippen molar-refractivity contribution in [2.24, 2.45) is 0 Å². The molecule has 1 aromatic carbocycles. The number of hydrogen-bond acceptors (Lipinski definition) is 3. The van der Waals surface area contributed by atoms with Gasteiger partial charge in [0, 0.05) is 27.9 Å². The molecule has 0 radical (unpaired) electrons. The maximum atomic E-state index is 12.1. The lowest BCUT2D eigenvalue weighted by Crippen LogP contribution is -2.47. The van der Waals surface area contributed by atoms with E-state index in [1.807, 2.05) is 24.3 Å². The molecular weight excluding hydrogens is 388 g/mol. The van der Waals surface area contributed by atoms with Gasteiger partial charge in [-0.2, -0.15) is 11.8 Å². The number of carbonyl (C=O) groups is 2. The van der Waals surface area contributed by atoms with Crippen molar-refractivity contribution in [1.29, 1.82) is 0 Å². The summed E-state index contributed by atoms with van der Waals surface area (Å²) in [5.74, 6) is 1.08. The van der Waals surface area contributed by atoms with Crippen molar-refractivity contribution in [1.82, 2.24) is 5.32 Å². The van der Waals surface area contributed by atoms with Gasteiger partial charge in [0.15, 0.2) is 0 Å². The molecule has 132 valence electrons. The van der Waals surface area contributed by atoms with Crippen LogP contribution in [-0.4, -0.2) is 28.9 Å². The molecule has 1 aliphatic rings. The Balaban J connectivity index is 1.60. The summed E-state index contributed by atoms with van der Waals surface area (Å²) in [6, 6.07) is 7.48. The third-order valence-electron chi connectivity index (χ3n) is 4.23. The van der Waals surface area contributed by atoms with Crippen LogP contribution in [-0.2, 0) is 9.59 Å². The van der Waals surface area contributed by atoms with Crippen LogP contribution in [0.5, 0.6) is 0 Å². The smallest absolute Gasteiger partial charge is 0.234 e. The topological polar surface area (TPSA) is 58.2 Å². The molecule has 1 saturated carbocycles. The van der Waals surface area contributed by atoms with Crippen LogP contribution in [0.25, 0.3) is 0 Å². The van der Waals surface area contributed by atoms with E-state index in [9.17, 15) is 9.59 Å². The van der Waals surface area contributed by atoms with Crippen LogP contribution in [0.3, 0.4) is 0 Å². The van der Waals surface area contributed by atoms with E-state index in [4.69, 9.17) is 0 Å². The second-order valence-corrected chi connectivity index (χ2v) is 8.55. The minimum atomic E-state index is -0.0398. The molecule has 1 fully saturated rings. The fourth-order valence-electron chi connectivity index (χ4n) is 2.92. The Morgan fingerprint density at radius 2 is 1.79 bits per heavy atom. The minimum absolute atomic E-state index is 0.0288. The zero-order valence-corrected chi connectivity index (χ0v) is 16.5. The molecule has 1 aliphatic carbocycles. The van der Waals surface area contributed by atoms with Crippen LogP contribution in [0, 0.1) is 0 Å². The predicted molar refractivity (Wildman–Crippen MR) is 104 cm³/mol. The third-order valence-corrected chi connectivity index (χ3v) is 5.72. The number of carbonyl (C=O) groups excluding carboxylic acids is 2. The van der Waals surface area contributed by atoms with E-state index in [0.29, 0.717) is 17.9 Å². The normalized spacial score (nSPS) is 16.4. The number of benzene rings is 1. The lowest BCUT2D eigenvalue weighted by atomic mass is 9.83. The summed E-state index contributed by atoms with van der Waals surface area (Å²) in [7, 11) is 0. The van der Waals surface area contributed by atoms with Crippen molar-refractivity contribution in [3.63, 3.8) is 0 Å². The average molecular weight is 413 g/mol. The number of halogens is 1. The Kier molecular flexibility index (Phi) is 7.62. The fraction of sp³-hybridized carbons (Fsp3) is 0.556. The van der Waals surface area contributed by atoms with Crippen molar-refractivity contribution in [3.8, 4) is 0 Å². The molecule has 4 nitrogen and oxygen atoms in total. The van der Waals surface area contributed by atoms with Gasteiger partial charge in [-0.1, -0.05) is 35.2 Å². The van der Waals surface area contributed by atoms with Gasteiger partial charge in [0.25, 0.3) is 0 Å². The highest BCUT2D eigenvalue weighted by Gasteiger charge is 2.27. The van der Waals surface area contributed by atoms with E-state index in [1.54, 1.807) is 0 Å². The fourth-order valence-corrected chi connectivity index (χ4v) is 3.91. The van der Waals surface area contributed by atoms with Gasteiger partial charge >= 0.3 is 0 Å².